The van der Waals surface area contributed by atoms with Gasteiger partial charge in [-0.2, -0.15) is 0 Å². The average Bonchev–Trinajstić information content (AvgIpc) is 2.77. The number of hydrogen-bond donors (Lipinski definition) is 1. The Hall–Kier alpha value is -2.91. The third-order valence-corrected chi connectivity index (χ3v) is 2.23. The summed E-state index contributed by atoms with van der Waals surface area (Å²) >= 11 is 0. The van der Waals surface area contributed by atoms with E-state index in [2.05, 4.69) is 10.2 Å². The van der Waals surface area contributed by atoms with Crippen molar-refractivity contribution in [3.05, 3.63) is 45.3 Å². The molecular weight excluding hydrogens is 278 g/mol. The zero-order valence-electron chi connectivity index (χ0n) is 9.89. The molecule has 1 amide bonds. The third-order valence-electron chi connectivity index (χ3n) is 2.23. The van der Waals surface area contributed by atoms with Gasteiger partial charge in [0.1, 0.15) is 5.56 Å². The van der Waals surface area contributed by atoms with Crippen LogP contribution < -0.4 is 5.32 Å². The first-order chi connectivity index (χ1) is 9.38. The van der Waals surface area contributed by atoms with Gasteiger partial charge in [-0.15, -0.1) is 5.10 Å². The second-order valence-electron chi connectivity index (χ2n) is 3.62. The number of nitro groups is 1. The second kappa shape index (κ2) is 4.99. The largest absolute Gasteiger partial charge is 0.408 e. The molecule has 0 fully saturated rings. The fourth-order valence-corrected chi connectivity index (χ4v) is 1.38. The summed E-state index contributed by atoms with van der Waals surface area (Å²) in [4.78, 5) is 21.5. The summed E-state index contributed by atoms with van der Waals surface area (Å²) in [5.41, 5.74) is -1.54. The first-order valence-corrected chi connectivity index (χ1v) is 5.13. The van der Waals surface area contributed by atoms with Gasteiger partial charge in [0.05, 0.1) is 11.0 Å². The van der Waals surface area contributed by atoms with Crippen molar-refractivity contribution in [3.63, 3.8) is 0 Å². The molecule has 8 nitrogen and oxygen atoms in total. The molecule has 104 valence electrons. The lowest BCUT2D eigenvalue weighted by molar-refractivity contribution is -0.385. The molecule has 0 aliphatic heterocycles. The summed E-state index contributed by atoms with van der Waals surface area (Å²) < 4.78 is 30.9. The first-order valence-electron chi connectivity index (χ1n) is 5.13. The molecule has 0 aliphatic carbocycles. The van der Waals surface area contributed by atoms with Gasteiger partial charge in [0.15, 0.2) is 11.6 Å². The number of carbonyl (C=O) groups is 1. The molecule has 20 heavy (non-hydrogen) atoms. The number of anilines is 1. The number of rotatable bonds is 3. The highest BCUT2D eigenvalue weighted by Gasteiger charge is 2.25. The van der Waals surface area contributed by atoms with Crippen LogP contribution in [0.3, 0.4) is 0 Å². The quantitative estimate of drug-likeness (QED) is 0.679. The van der Waals surface area contributed by atoms with Crippen LogP contribution in [0.5, 0.6) is 0 Å². The predicted octanol–water partition coefficient (Wildman–Crippen LogP) is 1.82. The number of nitrogens with one attached hydrogen (secondary N) is 1. The minimum atomic E-state index is -1.43. The molecule has 0 spiro atoms. The molecule has 2 rings (SSSR count). The molecule has 0 saturated heterocycles. The Bertz CT molecular complexity index is 701. The molecule has 1 aromatic carbocycles. The van der Waals surface area contributed by atoms with Gasteiger partial charge in [-0.05, 0) is 6.07 Å². The number of aryl methyl sites for hydroxylation is 1. The molecule has 0 unspecified atom stereocenters. The maximum atomic E-state index is 13.1. The van der Waals surface area contributed by atoms with Gasteiger partial charge in [0.2, 0.25) is 5.89 Å². The summed E-state index contributed by atoms with van der Waals surface area (Å²) in [6, 6.07) is 0.432. The molecule has 0 bridgehead atoms. The molecule has 0 radical (unpaired) electrons. The van der Waals surface area contributed by atoms with Crippen LogP contribution in [0.1, 0.15) is 16.2 Å². The number of nitro benzene ring substituents is 1. The molecule has 2 aromatic rings. The topological polar surface area (TPSA) is 111 Å². The van der Waals surface area contributed by atoms with E-state index in [-0.39, 0.29) is 11.9 Å². The van der Waals surface area contributed by atoms with E-state index in [9.17, 15) is 23.7 Å². The summed E-state index contributed by atoms with van der Waals surface area (Å²) in [6.45, 7) is 1.46. The standard InChI is InChI=1S/C10H6F2N4O4/c1-4-14-15-10(20-4)13-9(17)5-2-6(11)7(12)3-8(5)16(18)19/h2-3H,1H3,(H,13,15,17). The number of benzene rings is 1. The smallest absolute Gasteiger partial charge is 0.322 e. The van der Waals surface area contributed by atoms with Gasteiger partial charge >= 0.3 is 6.01 Å². The lowest BCUT2D eigenvalue weighted by Crippen LogP contribution is -2.15. The zero-order valence-corrected chi connectivity index (χ0v) is 9.89. The van der Waals surface area contributed by atoms with Crippen molar-refractivity contribution in [1.82, 2.24) is 10.2 Å². The number of nitrogens with zero attached hydrogens (tertiary/aromatic N) is 3. The van der Waals surface area contributed by atoms with E-state index in [4.69, 9.17) is 4.42 Å². The minimum Gasteiger partial charge on any atom is -0.408 e. The summed E-state index contributed by atoms with van der Waals surface area (Å²) in [5, 5.41) is 19.6. The van der Waals surface area contributed by atoms with E-state index in [1.807, 2.05) is 5.32 Å². The highest BCUT2D eigenvalue weighted by molar-refractivity contribution is 6.06. The minimum absolute atomic E-state index is 0.153. The molecule has 1 heterocycles. The predicted molar refractivity (Wildman–Crippen MR) is 60.0 cm³/mol. The van der Waals surface area contributed by atoms with Crippen LogP contribution in [-0.2, 0) is 0 Å². The third kappa shape index (κ3) is 2.58. The summed E-state index contributed by atoms with van der Waals surface area (Å²) in [5.74, 6) is -3.73. The van der Waals surface area contributed by atoms with Gasteiger partial charge in [-0.1, -0.05) is 5.10 Å². The monoisotopic (exact) mass is 284 g/mol. The van der Waals surface area contributed by atoms with Crippen LogP contribution in [0.2, 0.25) is 0 Å². The van der Waals surface area contributed by atoms with Crippen molar-refractivity contribution < 1.29 is 22.9 Å². The molecule has 0 saturated carbocycles. The van der Waals surface area contributed by atoms with Crippen LogP contribution in [0.4, 0.5) is 20.5 Å². The normalized spacial score (nSPS) is 10.3. The molecule has 1 aromatic heterocycles. The van der Waals surface area contributed by atoms with Crippen LogP contribution in [0, 0.1) is 28.7 Å². The summed E-state index contributed by atoms with van der Waals surface area (Å²) in [6.07, 6.45) is 0. The highest BCUT2D eigenvalue weighted by atomic mass is 19.2. The Morgan fingerprint density at radius 2 is 2.00 bits per heavy atom. The van der Waals surface area contributed by atoms with Crippen molar-refractivity contribution in [3.8, 4) is 0 Å². The first kappa shape index (κ1) is 13.5. The maximum absolute atomic E-state index is 13.1. The average molecular weight is 284 g/mol. The Kier molecular flexibility index (Phi) is 3.37. The van der Waals surface area contributed by atoms with Gasteiger partial charge < -0.3 is 4.42 Å². The van der Waals surface area contributed by atoms with E-state index in [1.54, 1.807) is 0 Å². The Morgan fingerprint density at radius 3 is 2.55 bits per heavy atom. The highest BCUT2D eigenvalue weighted by Crippen LogP contribution is 2.23. The van der Waals surface area contributed by atoms with Crippen molar-refractivity contribution >= 4 is 17.6 Å². The van der Waals surface area contributed by atoms with Crippen molar-refractivity contribution in [2.24, 2.45) is 0 Å². The van der Waals surface area contributed by atoms with Crippen molar-refractivity contribution in [1.29, 1.82) is 0 Å². The SMILES string of the molecule is Cc1nnc(NC(=O)c2cc(F)c(F)cc2[N+](=O)[O-])o1. The van der Waals surface area contributed by atoms with E-state index >= 15 is 0 Å². The molecule has 10 heteroatoms. The van der Waals surface area contributed by atoms with Gasteiger partial charge in [-0.25, -0.2) is 8.78 Å². The number of carbonyl (C=O) groups excluding carboxylic acids is 1. The Labute approximate surface area is 109 Å². The van der Waals surface area contributed by atoms with Crippen molar-refractivity contribution in [2.75, 3.05) is 5.32 Å². The van der Waals surface area contributed by atoms with Gasteiger partial charge in [0.25, 0.3) is 11.6 Å². The van der Waals surface area contributed by atoms with Crippen LogP contribution >= 0.6 is 0 Å². The van der Waals surface area contributed by atoms with E-state index in [0.29, 0.717) is 12.1 Å². The number of amides is 1. The fourth-order valence-electron chi connectivity index (χ4n) is 1.38. The summed E-state index contributed by atoms with van der Waals surface area (Å²) in [7, 11) is 0. The van der Waals surface area contributed by atoms with Gasteiger partial charge in [0, 0.05) is 6.92 Å². The number of hydrogen-bond acceptors (Lipinski definition) is 6. The maximum Gasteiger partial charge on any atom is 0.322 e. The van der Waals surface area contributed by atoms with Crippen LogP contribution in [0.15, 0.2) is 16.5 Å². The van der Waals surface area contributed by atoms with Crippen LogP contribution in [-0.4, -0.2) is 21.0 Å². The zero-order chi connectivity index (χ0) is 14.9. The lowest BCUT2D eigenvalue weighted by Gasteiger charge is -2.03. The van der Waals surface area contributed by atoms with E-state index in [0.717, 1.165) is 0 Å². The van der Waals surface area contributed by atoms with Crippen molar-refractivity contribution in [2.45, 2.75) is 6.92 Å². The van der Waals surface area contributed by atoms with E-state index < -0.39 is 33.7 Å². The molecule has 0 atom stereocenters. The lowest BCUT2D eigenvalue weighted by atomic mass is 10.1. The molecule has 1 N–H and O–H groups in total. The molecule has 0 aliphatic rings. The van der Waals surface area contributed by atoms with Gasteiger partial charge in [-0.3, -0.25) is 20.2 Å². The number of halogens is 2. The Morgan fingerprint density at radius 1 is 1.35 bits per heavy atom. The number of aromatic nitrogens is 2. The van der Waals surface area contributed by atoms with Crippen LogP contribution in [0.25, 0.3) is 0 Å². The second-order valence-corrected chi connectivity index (χ2v) is 3.62. The fraction of sp³-hybridized carbons (Fsp3) is 0.100. The molecular formula is C10H6F2N4O4. The van der Waals surface area contributed by atoms with E-state index in [1.165, 1.54) is 6.92 Å². The Balaban J connectivity index is 2.38.